The highest BCUT2D eigenvalue weighted by Crippen LogP contribution is 2.36. The normalized spacial score (nSPS) is 21.9. The van der Waals surface area contributed by atoms with Crippen LogP contribution in [-0.4, -0.2) is 46.6 Å². The standard InChI is InChI=1S/C10H14N4O4/c1-12-7-11-8(14(15)16)9(12)13-3-2-10(6-13)17-4-5-18-10/h7H,2-6H2,1H3. The van der Waals surface area contributed by atoms with Crippen molar-refractivity contribution in [2.45, 2.75) is 12.2 Å². The molecule has 0 N–H and O–H groups in total. The maximum Gasteiger partial charge on any atom is 0.406 e. The van der Waals surface area contributed by atoms with Crippen molar-refractivity contribution in [2.24, 2.45) is 7.05 Å². The molecule has 3 rings (SSSR count). The van der Waals surface area contributed by atoms with E-state index in [1.807, 2.05) is 4.90 Å². The number of nitro groups is 1. The van der Waals surface area contributed by atoms with Crippen LogP contribution in [-0.2, 0) is 16.5 Å². The van der Waals surface area contributed by atoms with Crippen molar-refractivity contribution in [1.29, 1.82) is 0 Å². The number of ether oxygens (including phenoxy) is 2. The maximum atomic E-state index is 10.9. The largest absolute Gasteiger partial charge is 0.406 e. The Labute approximate surface area is 103 Å². The van der Waals surface area contributed by atoms with Crippen LogP contribution in [0.3, 0.4) is 0 Å². The first-order valence-electron chi connectivity index (χ1n) is 5.80. The Morgan fingerprint density at radius 2 is 2.22 bits per heavy atom. The van der Waals surface area contributed by atoms with Crippen molar-refractivity contribution < 1.29 is 14.4 Å². The first-order valence-corrected chi connectivity index (χ1v) is 5.80. The summed E-state index contributed by atoms with van der Waals surface area (Å²) >= 11 is 0. The third-order valence-electron chi connectivity index (χ3n) is 3.37. The molecule has 18 heavy (non-hydrogen) atoms. The van der Waals surface area contributed by atoms with Gasteiger partial charge in [0.2, 0.25) is 12.1 Å². The van der Waals surface area contributed by atoms with Gasteiger partial charge in [0.1, 0.15) is 0 Å². The highest BCUT2D eigenvalue weighted by Gasteiger charge is 2.45. The van der Waals surface area contributed by atoms with Gasteiger partial charge in [0.15, 0.2) is 5.79 Å². The molecule has 2 fully saturated rings. The molecule has 0 atom stereocenters. The molecule has 0 radical (unpaired) electrons. The smallest absolute Gasteiger partial charge is 0.358 e. The Morgan fingerprint density at radius 3 is 2.89 bits per heavy atom. The molecular weight excluding hydrogens is 240 g/mol. The fourth-order valence-electron chi connectivity index (χ4n) is 2.57. The Bertz CT molecular complexity index is 480. The van der Waals surface area contributed by atoms with Gasteiger partial charge >= 0.3 is 5.82 Å². The molecule has 0 aliphatic carbocycles. The van der Waals surface area contributed by atoms with Gasteiger partial charge in [-0.15, -0.1) is 0 Å². The van der Waals surface area contributed by atoms with Gasteiger partial charge in [-0.05, 0) is 9.91 Å². The van der Waals surface area contributed by atoms with E-state index in [1.54, 1.807) is 11.6 Å². The van der Waals surface area contributed by atoms with E-state index in [2.05, 4.69) is 4.98 Å². The number of aryl methyl sites for hydroxylation is 1. The number of aromatic nitrogens is 2. The molecule has 1 spiro atoms. The summed E-state index contributed by atoms with van der Waals surface area (Å²) in [5.41, 5.74) is 0. The lowest BCUT2D eigenvalue weighted by atomic mass is 10.2. The van der Waals surface area contributed by atoms with Crippen LogP contribution >= 0.6 is 0 Å². The monoisotopic (exact) mass is 254 g/mol. The predicted molar refractivity (Wildman–Crippen MR) is 61.3 cm³/mol. The minimum Gasteiger partial charge on any atom is -0.358 e. The molecular formula is C10H14N4O4. The van der Waals surface area contributed by atoms with Gasteiger partial charge in [0.25, 0.3) is 0 Å². The van der Waals surface area contributed by atoms with E-state index < -0.39 is 10.7 Å². The molecule has 0 unspecified atom stereocenters. The zero-order valence-electron chi connectivity index (χ0n) is 10.0. The average molecular weight is 254 g/mol. The van der Waals surface area contributed by atoms with Gasteiger partial charge in [-0.3, -0.25) is 4.57 Å². The summed E-state index contributed by atoms with van der Waals surface area (Å²) in [7, 11) is 1.75. The molecule has 8 nitrogen and oxygen atoms in total. The minimum absolute atomic E-state index is 0.118. The summed E-state index contributed by atoms with van der Waals surface area (Å²) in [6.07, 6.45) is 2.17. The summed E-state index contributed by atoms with van der Waals surface area (Å²) in [6.45, 7) is 2.34. The summed E-state index contributed by atoms with van der Waals surface area (Å²) in [4.78, 5) is 16.2. The minimum atomic E-state index is -0.585. The number of imidazole rings is 1. The Hall–Kier alpha value is -1.67. The third-order valence-corrected chi connectivity index (χ3v) is 3.37. The molecule has 0 aromatic carbocycles. The fourth-order valence-corrected chi connectivity index (χ4v) is 2.57. The molecule has 8 heteroatoms. The molecule has 2 aliphatic rings. The molecule has 1 aromatic heterocycles. The van der Waals surface area contributed by atoms with Crippen molar-refractivity contribution in [1.82, 2.24) is 9.55 Å². The van der Waals surface area contributed by atoms with Gasteiger partial charge in [0, 0.05) is 20.0 Å². The number of hydrogen-bond acceptors (Lipinski definition) is 6. The summed E-state index contributed by atoms with van der Waals surface area (Å²) < 4.78 is 12.9. The van der Waals surface area contributed by atoms with Gasteiger partial charge < -0.3 is 24.5 Å². The maximum absolute atomic E-state index is 10.9. The average Bonchev–Trinajstić information content (AvgIpc) is 3.01. The van der Waals surface area contributed by atoms with Crippen molar-refractivity contribution in [3.05, 3.63) is 16.4 Å². The molecule has 0 saturated carbocycles. The molecule has 2 saturated heterocycles. The van der Waals surface area contributed by atoms with Crippen molar-refractivity contribution in [2.75, 3.05) is 31.2 Å². The van der Waals surface area contributed by atoms with Crippen LogP contribution in [0.1, 0.15) is 6.42 Å². The lowest BCUT2D eigenvalue weighted by molar-refractivity contribution is -0.388. The highest BCUT2D eigenvalue weighted by molar-refractivity contribution is 5.55. The van der Waals surface area contributed by atoms with Crippen molar-refractivity contribution in [3.63, 3.8) is 0 Å². The van der Waals surface area contributed by atoms with Gasteiger partial charge in [0.05, 0.1) is 19.8 Å². The Kier molecular flexibility index (Phi) is 2.49. The molecule has 98 valence electrons. The van der Waals surface area contributed by atoms with Crippen LogP contribution in [0.25, 0.3) is 0 Å². The second-order valence-electron chi connectivity index (χ2n) is 4.54. The zero-order chi connectivity index (χ0) is 12.8. The molecule has 0 amide bonds. The molecule has 3 heterocycles. The first-order chi connectivity index (χ1) is 8.61. The second-order valence-corrected chi connectivity index (χ2v) is 4.54. The SMILES string of the molecule is Cn1cnc([N+](=O)[O-])c1N1CCC2(C1)OCCO2. The number of anilines is 1. The van der Waals surface area contributed by atoms with E-state index in [4.69, 9.17) is 9.47 Å². The van der Waals surface area contributed by atoms with Crippen LogP contribution in [0.15, 0.2) is 6.33 Å². The predicted octanol–water partition coefficient (Wildman–Crippen LogP) is 0.281. The highest BCUT2D eigenvalue weighted by atomic mass is 16.7. The zero-order valence-corrected chi connectivity index (χ0v) is 10.0. The summed E-state index contributed by atoms with van der Waals surface area (Å²) in [5, 5.41) is 10.9. The van der Waals surface area contributed by atoms with Crippen LogP contribution in [0.2, 0.25) is 0 Å². The molecule has 1 aromatic rings. The van der Waals surface area contributed by atoms with E-state index in [9.17, 15) is 10.1 Å². The lowest BCUT2D eigenvalue weighted by Gasteiger charge is -2.22. The number of hydrogen-bond donors (Lipinski definition) is 0. The Balaban J connectivity index is 1.88. The number of rotatable bonds is 2. The topological polar surface area (TPSA) is 82.7 Å². The van der Waals surface area contributed by atoms with Gasteiger partial charge in [-0.2, -0.15) is 0 Å². The van der Waals surface area contributed by atoms with E-state index in [1.165, 1.54) is 6.33 Å². The van der Waals surface area contributed by atoms with Crippen LogP contribution < -0.4 is 4.90 Å². The van der Waals surface area contributed by atoms with E-state index >= 15 is 0 Å². The third kappa shape index (κ3) is 1.65. The van der Waals surface area contributed by atoms with Gasteiger partial charge in [-0.25, -0.2) is 0 Å². The second kappa shape index (κ2) is 3.92. The van der Waals surface area contributed by atoms with E-state index in [0.717, 1.165) is 6.42 Å². The Morgan fingerprint density at radius 1 is 1.50 bits per heavy atom. The quantitative estimate of drug-likeness (QED) is 0.557. The van der Waals surface area contributed by atoms with Crippen molar-refractivity contribution >= 4 is 11.6 Å². The molecule has 0 bridgehead atoms. The summed E-state index contributed by atoms with van der Waals surface area (Å²) in [5.74, 6) is -0.193. The van der Waals surface area contributed by atoms with Crippen LogP contribution in [0, 0.1) is 10.1 Å². The van der Waals surface area contributed by atoms with E-state index in [-0.39, 0.29) is 5.82 Å². The van der Waals surface area contributed by atoms with Crippen LogP contribution in [0.5, 0.6) is 0 Å². The van der Waals surface area contributed by atoms with Crippen LogP contribution in [0.4, 0.5) is 11.6 Å². The number of nitrogens with zero attached hydrogens (tertiary/aromatic N) is 4. The lowest BCUT2D eigenvalue weighted by Crippen LogP contribution is -2.34. The van der Waals surface area contributed by atoms with Crippen molar-refractivity contribution in [3.8, 4) is 0 Å². The van der Waals surface area contributed by atoms with Gasteiger partial charge in [-0.1, -0.05) is 0 Å². The fraction of sp³-hybridized carbons (Fsp3) is 0.700. The molecule has 2 aliphatic heterocycles. The summed E-state index contributed by atoms with van der Waals surface area (Å²) in [6, 6.07) is 0. The first kappa shape index (κ1) is 11.4. The van der Waals surface area contributed by atoms with E-state index in [0.29, 0.717) is 32.1 Å².